The molecule has 6 heteroatoms. The molecule has 28 heavy (non-hydrogen) atoms. The number of aryl methyl sites for hydroxylation is 2. The van der Waals surface area contributed by atoms with Gasteiger partial charge in [-0.3, -0.25) is 4.79 Å². The monoisotopic (exact) mass is 385 g/mol. The summed E-state index contributed by atoms with van der Waals surface area (Å²) in [6, 6.07) is 9.89. The molecule has 0 saturated heterocycles. The predicted molar refractivity (Wildman–Crippen MR) is 103 cm³/mol. The first kappa shape index (κ1) is 19.9. The average molecular weight is 385 g/mol. The van der Waals surface area contributed by atoms with Gasteiger partial charge in [-0.1, -0.05) is 18.2 Å². The zero-order chi connectivity index (χ0) is 20.1. The van der Waals surface area contributed by atoms with Gasteiger partial charge >= 0.3 is 5.97 Å². The van der Waals surface area contributed by atoms with Crippen LogP contribution in [0.2, 0.25) is 0 Å². The van der Waals surface area contributed by atoms with E-state index in [1.165, 1.54) is 43.2 Å². The molecule has 0 bridgehead atoms. The number of amides is 1. The highest BCUT2D eigenvalue weighted by molar-refractivity contribution is 5.91. The van der Waals surface area contributed by atoms with Gasteiger partial charge in [0.1, 0.15) is 11.6 Å². The molecule has 0 fully saturated rings. The summed E-state index contributed by atoms with van der Waals surface area (Å²) in [5.74, 6) is -1.79. The summed E-state index contributed by atoms with van der Waals surface area (Å²) in [6.45, 7) is 1.41. The highest BCUT2D eigenvalue weighted by atomic mass is 19.1. The molecule has 148 valence electrons. The first-order valence-electron chi connectivity index (χ1n) is 9.39. The van der Waals surface area contributed by atoms with E-state index in [0.717, 1.165) is 24.5 Å². The van der Waals surface area contributed by atoms with Crippen molar-refractivity contribution >= 4 is 11.9 Å². The Hall–Kier alpha value is -2.89. The second-order valence-electron chi connectivity index (χ2n) is 6.95. The van der Waals surface area contributed by atoms with Crippen molar-refractivity contribution in [2.75, 3.05) is 13.7 Å². The van der Waals surface area contributed by atoms with Crippen LogP contribution in [0.25, 0.3) is 0 Å². The SMILES string of the molecule is COc1ccc(C(=O)OCC(=O)N[C@@H](C)c2ccc3c(c2)CCCC3)c(F)c1. The number of fused-ring (bicyclic) bond motifs is 1. The van der Waals surface area contributed by atoms with Crippen LogP contribution in [0.4, 0.5) is 4.39 Å². The molecule has 0 heterocycles. The lowest BCUT2D eigenvalue weighted by atomic mass is 9.89. The largest absolute Gasteiger partial charge is 0.497 e. The normalized spacial score (nSPS) is 14.0. The fraction of sp³-hybridized carbons (Fsp3) is 0.364. The number of hydrogen-bond donors (Lipinski definition) is 1. The number of carbonyl (C=O) groups is 2. The second-order valence-corrected chi connectivity index (χ2v) is 6.95. The van der Waals surface area contributed by atoms with Gasteiger partial charge in [-0.25, -0.2) is 9.18 Å². The lowest BCUT2D eigenvalue weighted by Crippen LogP contribution is -2.31. The molecule has 1 amide bonds. The smallest absolute Gasteiger partial charge is 0.341 e. The van der Waals surface area contributed by atoms with Gasteiger partial charge in [0.25, 0.3) is 5.91 Å². The lowest BCUT2D eigenvalue weighted by molar-refractivity contribution is -0.124. The Morgan fingerprint density at radius 3 is 2.57 bits per heavy atom. The van der Waals surface area contributed by atoms with E-state index in [1.54, 1.807) is 0 Å². The summed E-state index contributed by atoms with van der Waals surface area (Å²) in [5, 5.41) is 2.81. The van der Waals surface area contributed by atoms with Gasteiger partial charge in [0, 0.05) is 6.07 Å². The third-order valence-electron chi connectivity index (χ3n) is 4.98. The molecule has 0 spiro atoms. The average Bonchev–Trinajstić information content (AvgIpc) is 2.71. The minimum Gasteiger partial charge on any atom is -0.497 e. The Bertz CT molecular complexity index is 881. The van der Waals surface area contributed by atoms with Crippen LogP contribution >= 0.6 is 0 Å². The highest BCUT2D eigenvalue weighted by Crippen LogP contribution is 2.24. The van der Waals surface area contributed by atoms with E-state index in [2.05, 4.69) is 17.4 Å². The molecule has 0 saturated carbocycles. The highest BCUT2D eigenvalue weighted by Gasteiger charge is 2.18. The Morgan fingerprint density at radius 2 is 1.86 bits per heavy atom. The number of benzene rings is 2. The number of halogens is 1. The van der Waals surface area contributed by atoms with Crippen molar-refractivity contribution in [3.05, 3.63) is 64.5 Å². The van der Waals surface area contributed by atoms with Gasteiger partial charge in [0.2, 0.25) is 0 Å². The topological polar surface area (TPSA) is 64.6 Å². The summed E-state index contributed by atoms with van der Waals surface area (Å²) in [7, 11) is 1.40. The summed E-state index contributed by atoms with van der Waals surface area (Å²) in [4.78, 5) is 24.1. The number of rotatable bonds is 6. The summed E-state index contributed by atoms with van der Waals surface area (Å²) < 4.78 is 23.7. The van der Waals surface area contributed by atoms with E-state index in [1.807, 2.05) is 13.0 Å². The molecule has 2 aromatic rings. The van der Waals surface area contributed by atoms with Crippen LogP contribution in [-0.4, -0.2) is 25.6 Å². The first-order chi connectivity index (χ1) is 13.5. The number of methoxy groups -OCH3 is 1. The van der Waals surface area contributed by atoms with E-state index >= 15 is 0 Å². The molecule has 1 N–H and O–H groups in total. The van der Waals surface area contributed by atoms with E-state index in [4.69, 9.17) is 9.47 Å². The van der Waals surface area contributed by atoms with Crippen molar-refractivity contribution in [1.29, 1.82) is 0 Å². The molecule has 1 aliphatic rings. The fourth-order valence-electron chi connectivity index (χ4n) is 3.39. The molecule has 0 unspecified atom stereocenters. The number of carbonyl (C=O) groups excluding carboxylic acids is 2. The van der Waals surface area contributed by atoms with Crippen LogP contribution in [0.15, 0.2) is 36.4 Å². The second kappa shape index (κ2) is 8.87. The zero-order valence-electron chi connectivity index (χ0n) is 16.1. The van der Waals surface area contributed by atoms with Crippen LogP contribution in [0.1, 0.15) is 52.9 Å². The standard InChI is InChI=1S/C22H24FNO4/c1-14(16-8-7-15-5-3-4-6-17(15)11-16)24-21(25)13-28-22(26)19-10-9-18(27-2)12-20(19)23/h7-12,14H,3-6,13H2,1-2H3,(H,24,25)/t14-/m0/s1. The molecule has 1 atom stereocenters. The van der Waals surface area contributed by atoms with Gasteiger partial charge in [-0.2, -0.15) is 0 Å². The van der Waals surface area contributed by atoms with E-state index in [-0.39, 0.29) is 11.6 Å². The third-order valence-corrected chi connectivity index (χ3v) is 4.98. The summed E-state index contributed by atoms with van der Waals surface area (Å²) in [5.41, 5.74) is 3.49. The number of hydrogen-bond acceptors (Lipinski definition) is 4. The minimum atomic E-state index is -0.892. The Labute approximate surface area is 163 Å². The van der Waals surface area contributed by atoms with Crippen LogP contribution in [0, 0.1) is 5.82 Å². The molecular formula is C22H24FNO4. The van der Waals surface area contributed by atoms with E-state index in [0.29, 0.717) is 5.75 Å². The Kier molecular flexibility index (Phi) is 6.29. The van der Waals surface area contributed by atoms with Crippen molar-refractivity contribution in [1.82, 2.24) is 5.32 Å². The minimum absolute atomic E-state index is 0.212. The van der Waals surface area contributed by atoms with Gasteiger partial charge in [-0.15, -0.1) is 0 Å². The first-order valence-corrected chi connectivity index (χ1v) is 9.39. The van der Waals surface area contributed by atoms with Gasteiger partial charge in [-0.05, 0) is 61.4 Å². The quantitative estimate of drug-likeness (QED) is 0.770. The molecule has 3 rings (SSSR count). The van der Waals surface area contributed by atoms with E-state index < -0.39 is 24.3 Å². The number of ether oxygens (including phenoxy) is 2. The maximum atomic E-state index is 13.9. The molecule has 1 aliphatic carbocycles. The van der Waals surface area contributed by atoms with Gasteiger partial charge in [0.05, 0.1) is 18.7 Å². The molecule has 5 nitrogen and oxygen atoms in total. The molecule has 0 radical (unpaired) electrons. The van der Waals surface area contributed by atoms with Crippen LogP contribution in [0.3, 0.4) is 0 Å². The van der Waals surface area contributed by atoms with Crippen molar-refractivity contribution in [3.63, 3.8) is 0 Å². The fourth-order valence-corrected chi connectivity index (χ4v) is 3.39. The maximum Gasteiger partial charge on any atom is 0.341 e. The zero-order valence-corrected chi connectivity index (χ0v) is 16.1. The van der Waals surface area contributed by atoms with E-state index in [9.17, 15) is 14.0 Å². The predicted octanol–water partition coefficient (Wildman–Crippen LogP) is 3.75. The van der Waals surface area contributed by atoms with Crippen molar-refractivity contribution in [3.8, 4) is 5.75 Å². The third kappa shape index (κ3) is 4.68. The van der Waals surface area contributed by atoms with Gasteiger partial charge < -0.3 is 14.8 Å². The summed E-state index contributed by atoms with van der Waals surface area (Å²) in [6.07, 6.45) is 4.58. The summed E-state index contributed by atoms with van der Waals surface area (Å²) >= 11 is 0. The van der Waals surface area contributed by atoms with Gasteiger partial charge in [0.15, 0.2) is 6.61 Å². The number of esters is 1. The molecular weight excluding hydrogens is 361 g/mol. The van der Waals surface area contributed by atoms with Crippen molar-refractivity contribution in [2.45, 2.75) is 38.6 Å². The van der Waals surface area contributed by atoms with Crippen LogP contribution < -0.4 is 10.1 Å². The Balaban J connectivity index is 1.54. The number of nitrogens with one attached hydrogen (secondary N) is 1. The maximum absolute atomic E-state index is 13.9. The van der Waals surface area contributed by atoms with Crippen LogP contribution in [-0.2, 0) is 22.4 Å². The van der Waals surface area contributed by atoms with Crippen molar-refractivity contribution in [2.24, 2.45) is 0 Å². The lowest BCUT2D eigenvalue weighted by Gasteiger charge is -2.20. The molecule has 0 aromatic heterocycles. The molecule has 2 aromatic carbocycles. The van der Waals surface area contributed by atoms with Crippen LogP contribution in [0.5, 0.6) is 5.75 Å². The Morgan fingerprint density at radius 1 is 1.11 bits per heavy atom. The molecule has 0 aliphatic heterocycles. The van der Waals surface area contributed by atoms with Crippen molar-refractivity contribution < 1.29 is 23.5 Å².